The van der Waals surface area contributed by atoms with Gasteiger partial charge in [0, 0.05) is 19.0 Å². The molecular weight excluding hydrogens is 436 g/mol. The normalized spacial score (nSPS) is 18.2. The molecule has 2 aromatic heterocycles. The van der Waals surface area contributed by atoms with Gasteiger partial charge in [0.25, 0.3) is 0 Å². The van der Waals surface area contributed by atoms with Crippen molar-refractivity contribution in [2.75, 3.05) is 23.9 Å². The molecule has 2 N–H and O–H groups in total. The van der Waals surface area contributed by atoms with E-state index in [1.165, 1.54) is 7.11 Å². The number of furan rings is 1. The van der Waals surface area contributed by atoms with Crippen LogP contribution in [-0.2, 0) is 9.53 Å². The molecule has 1 aliphatic rings. The zero-order chi connectivity index (χ0) is 22.0. The van der Waals surface area contributed by atoms with Crippen molar-refractivity contribution in [2.45, 2.75) is 19.0 Å². The fourth-order valence-electron chi connectivity index (χ4n) is 3.61. The van der Waals surface area contributed by atoms with Crippen LogP contribution in [0.4, 0.5) is 11.4 Å². The van der Waals surface area contributed by atoms with Gasteiger partial charge in [-0.05, 0) is 61.6 Å². The highest BCUT2D eigenvalue weighted by Gasteiger charge is 2.42. The smallest absolute Gasteiger partial charge is 0.250 e. The number of hydrogen-bond donors (Lipinski definition) is 2. The van der Waals surface area contributed by atoms with Gasteiger partial charge in [0.1, 0.15) is 24.2 Å². The zero-order valence-corrected chi connectivity index (χ0v) is 18.5. The number of anilines is 2. The highest BCUT2D eigenvalue weighted by Crippen LogP contribution is 2.43. The molecule has 2 atom stereocenters. The summed E-state index contributed by atoms with van der Waals surface area (Å²) in [5.41, 5.74) is 2.11. The van der Waals surface area contributed by atoms with Crippen LogP contribution < -0.4 is 15.5 Å². The Morgan fingerprint density at radius 3 is 2.81 bits per heavy atom. The number of aryl methyl sites for hydroxylation is 1. The number of thiocarbonyl (C=S) groups is 1. The molecule has 1 aliphatic heterocycles. The van der Waals surface area contributed by atoms with E-state index in [9.17, 15) is 4.79 Å². The van der Waals surface area contributed by atoms with E-state index in [1.807, 2.05) is 48.2 Å². The molecule has 0 aliphatic carbocycles. The summed E-state index contributed by atoms with van der Waals surface area (Å²) >= 11 is 12.1. The molecule has 0 unspecified atom stereocenters. The largest absolute Gasteiger partial charge is 0.464 e. The first-order valence-corrected chi connectivity index (χ1v) is 10.4. The van der Waals surface area contributed by atoms with E-state index in [4.69, 9.17) is 33.0 Å². The molecule has 1 aromatic carbocycles. The van der Waals surface area contributed by atoms with Crippen molar-refractivity contribution in [2.24, 2.45) is 0 Å². The lowest BCUT2D eigenvalue weighted by molar-refractivity contribution is -0.119. The lowest BCUT2D eigenvalue weighted by Crippen LogP contribution is -2.29. The Hall–Kier alpha value is -2.94. The summed E-state index contributed by atoms with van der Waals surface area (Å²) < 4.78 is 10.8. The molecule has 9 heteroatoms. The topological polar surface area (TPSA) is 79.6 Å². The summed E-state index contributed by atoms with van der Waals surface area (Å²) in [5, 5.41) is 7.01. The number of benzene rings is 1. The number of nitrogens with zero attached hydrogens (tertiary/aromatic N) is 2. The van der Waals surface area contributed by atoms with E-state index < -0.39 is 0 Å². The molecule has 3 aromatic rings. The first-order valence-electron chi connectivity index (χ1n) is 9.63. The lowest BCUT2D eigenvalue weighted by atomic mass is 10.0. The van der Waals surface area contributed by atoms with Gasteiger partial charge in [-0.2, -0.15) is 0 Å². The molecule has 1 amide bonds. The third-order valence-corrected chi connectivity index (χ3v) is 5.56. The molecule has 7 nitrogen and oxygen atoms in total. The Bertz CT molecular complexity index is 1110. The molecule has 160 valence electrons. The number of carbonyl (C=O) groups is 1. The average Bonchev–Trinajstić information content (AvgIpc) is 3.33. The van der Waals surface area contributed by atoms with Crippen molar-refractivity contribution < 1.29 is 13.9 Å². The Balaban J connectivity index is 1.71. The first-order chi connectivity index (χ1) is 15.0. The van der Waals surface area contributed by atoms with E-state index >= 15 is 0 Å². The molecule has 31 heavy (non-hydrogen) atoms. The maximum Gasteiger partial charge on any atom is 0.250 e. The highest BCUT2D eigenvalue weighted by atomic mass is 35.5. The minimum atomic E-state index is -0.283. The summed E-state index contributed by atoms with van der Waals surface area (Å²) in [6.45, 7) is 1.85. The first kappa shape index (κ1) is 21.3. The van der Waals surface area contributed by atoms with E-state index in [0.29, 0.717) is 15.8 Å². The number of hydrogen-bond acceptors (Lipinski definition) is 5. The highest BCUT2D eigenvalue weighted by molar-refractivity contribution is 7.80. The molecule has 0 radical (unpaired) electrons. The van der Waals surface area contributed by atoms with Gasteiger partial charge in [0.15, 0.2) is 5.11 Å². The second-order valence-corrected chi connectivity index (χ2v) is 7.88. The maximum atomic E-state index is 11.8. The number of amides is 1. The molecule has 0 spiro atoms. The van der Waals surface area contributed by atoms with Crippen LogP contribution in [0, 0.1) is 6.92 Å². The SMILES string of the molecule is COCC(=O)Nc1ccc(N2C(=S)N[C@@H](c3ccccn3)[C@@H]2c2ccc(C)o2)cc1Cl. The van der Waals surface area contributed by atoms with Crippen LogP contribution in [0.5, 0.6) is 0 Å². The number of methoxy groups -OCH3 is 1. The fourth-order valence-corrected chi connectivity index (χ4v) is 4.17. The molecule has 3 heterocycles. The monoisotopic (exact) mass is 456 g/mol. The van der Waals surface area contributed by atoms with Crippen LogP contribution in [0.25, 0.3) is 0 Å². The summed E-state index contributed by atoms with van der Waals surface area (Å²) in [6.07, 6.45) is 1.75. The van der Waals surface area contributed by atoms with E-state index in [0.717, 1.165) is 22.9 Å². The van der Waals surface area contributed by atoms with Crippen molar-refractivity contribution in [1.82, 2.24) is 10.3 Å². The van der Waals surface area contributed by atoms with Gasteiger partial charge in [0.05, 0.1) is 22.4 Å². The average molecular weight is 457 g/mol. The van der Waals surface area contributed by atoms with Gasteiger partial charge in [-0.25, -0.2) is 0 Å². The number of aromatic nitrogens is 1. The Morgan fingerprint density at radius 2 is 2.16 bits per heavy atom. The van der Waals surface area contributed by atoms with E-state index in [1.54, 1.807) is 18.3 Å². The molecular formula is C22H21ClN4O3S. The van der Waals surface area contributed by atoms with E-state index in [-0.39, 0.29) is 24.6 Å². The summed E-state index contributed by atoms with van der Waals surface area (Å²) in [4.78, 5) is 18.3. The van der Waals surface area contributed by atoms with Crippen LogP contribution in [0.2, 0.25) is 5.02 Å². The second-order valence-electron chi connectivity index (χ2n) is 7.09. The van der Waals surface area contributed by atoms with Crippen LogP contribution >= 0.6 is 23.8 Å². The number of nitrogens with one attached hydrogen (secondary N) is 2. The predicted octanol–water partition coefficient (Wildman–Crippen LogP) is 4.40. The van der Waals surface area contributed by atoms with Crippen LogP contribution in [-0.4, -0.2) is 29.7 Å². The Kier molecular flexibility index (Phi) is 6.22. The van der Waals surface area contributed by atoms with Crippen molar-refractivity contribution in [3.8, 4) is 0 Å². The molecule has 0 bridgehead atoms. The summed E-state index contributed by atoms with van der Waals surface area (Å²) in [7, 11) is 1.46. The van der Waals surface area contributed by atoms with Gasteiger partial charge < -0.3 is 24.7 Å². The second kappa shape index (κ2) is 9.05. The fraction of sp³-hybridized carbons (Fsp3) is 0.227. The summed E-state index contributed by atoms with van der Waals surface area (Å²) in [6, 6.07) is 14.5. The van der Waals surface area contributed by atoms with Crippen molar-refractivity contribution in [3.63, 3.8) is 0 Å². The van der Waals surface area contributed by atoms with E-state index in [2.05, 4.69) is 15.6 Å². The molecule has 1 saturated heterocycles. The molecule has 1 fully saturated rings. The Morgan fingerprint density at radius 1 is 1.32 bits per heavy atom. The number of carbonyl (C=O) groups excluding carboxylic acids is 1. The van der Waals surface area contributed by atoms with Gasteiger partial charge in [0.2, 0.25) is 5.91 Å². The standard InChI is InChI=1S/C22H21ClN4O3S/c1-13-6-9-18(30-13)21-20(17-5-3-4-10-24-17)26-22(31)27(21)14-7-8-16(15(23)11-14)25-19(28)12-29-2/h3-11,20-21H,12H2,1-2H3,(H,25,28)(H,26,31)/t20-,21-/m0/s1. The maximum absolute atomic E-state index is 11.8. The third kappa shape index (κ3) is 4.41. The zero-order valence-electron chi connectivity index (χ0n) is 17.0. The van der Waals surface area contributed by atoms with Gasteiger partial charge in [-0.15, -0.1) is 0 Å². The van der Waals surface area contributed by atoms with Gasteiger partial charge in [-0.1, -0.05) is 17.7 Å². The lowest BCUT2D eigenvalue weighted by Gasteiger charge is -2.26. The van der Waals surface area contributed by atoms with Gasteiger partial charge >= 0.3 is 0 Å². The quantitative estimate of drug-likeness (QED) is 0.532. The number of pyridine rings is 1. The minimum Gasteiger partial charge on any atom is -0.464 e. The van der Waals surface area contributed by atoms with Crippen molar-refractivity contribution >= 4 is 46.2 Å². The number of ether oxygens (including phenoxy) is 1. The Labute approximate surface area is 190 Å². The predicted molar refractivity (Wildman–Crippen MR) is 123 cm³/mol. The molecule has 0 saturated carbocycles. The molecule has 4 rings (SSSR count). The van der Waals surface area contributed by atoms with Crippen LogP contribution in [0.1, 0.15) is 29.3 Å². The third-order valence-electron chi connectivity index (χ3n) is 4.93. The summed E-state index contributed by atoms with van der Waals surface area (Å²) in [5.74, 6) is 1.28. The van der Waals surface area contributed by atoms with Crippen LogP contribution in [0.15, 0.2) is 59.1 Å². The number of halogens is 1. The van der Waals surface area contributed by atoms with Gasteiger partial charge in [-0.3, -0.25) is 9.78 Å². The van der Waals surface area contributed by atoms with Crippen molar-refractivity contribution in [3.05, 3.63) is 77.0 Å². The van der Waals surface area contributed by atoms with Crippen LogP contribution in [0.3, 0.4) is 0 Å². The minimum absolute atomic E-state index is 0.0517. The van der Waals surface area contributed by atoms with Crippen molar-refractivity contribution in [1.29, 1.82) is 0 Å². The number of rotatable bonds is 6.